The largest absolute Gasteiger partial charge is 0.352 e. The van der Waals surface area contributed by atoms with Gasteiger partial charge >= 0.3 is 0 Å². The summed E-state index contributed by atoms with van der Waals surface area (Å²) in [5.74, 6) is -0.816. The van der Waals surface area contributed by atoms with Crippen LogP contribution < -0.4 is 9.62 Å². The first-order valence-corrected chi connectivity index (χ1v) is 17.6. The highest BCUT2D eigenvalue weighted by molar-refractivity contribution is 7.92. The summed E-state index contributed by atoms with van der Waals surface area (Å²) in [6.07, 6.45) is 5.20. The van der Waals surface area contributed by atoms with E-state index >= 15 is 0 Å². The fourth-order valence-corrected chi connectivity index (χ4v) is 7.50. The highest BCUT2D eigenvalue weighted by atomic mass is 35.5. The monoisotopic (exact) mass is 677 g/mol. The van der Waals surface area contributed by atoms with E-state index in [2.05, 4.69) is 5.32 Å². The third-order valence-electron chi connectivity index (χ3n) is 8.25. The first-order valence-electron chi connectivity index (χ1n) is 15.4. The van der Waals surface area contributed by atoms with Gasteiger partial charge in [0.05, 0.1) is 10.6 Å². The van der Waals surface area contributed by atoms with Gasteiger partial charge in [-0.05, 0) is 66.4 Å². The van der Waals surface area contributed by atoms with Crippen LogP contribution in [0.4, 0.5) is 5.69 Å². The molecular formula is C36H37Cl2N3O4S. The van der Waals surface area contributed by atoms with Crippen LogP contribution in [0.1, 0.15) is 43.2 Å². The fourth-order valence-electron chi connectivity index (χ4n) is 5.77. The van der Waals surface area contributed by atoms with Gasteiger partial charge in [-0.15, -0.1) is 0 Å². The number of sulfonamides is 1. The molecule has 0 radical (unpaired) electrons. The molecule has 0 heterocycles. The molecule has 0 aromatic heterocycles. The number of carbonyl (C=O) groups excluding carboxylic acids is 2. The van der Waals surface area contributed by atoms with Crippen LogP contribution in [0, 0.1) is 0 Å². The molecule has 1 fully saturated rings. The number of nitrogens with one attached hydrogen (secondary N) is 1. The van der Waals surface area contributed by atoms with Crippen LogP contribution in [0.15, 0.2) is 114 Å². The Bertz CT molecular complexity index is 1720. The van der Waals surface area contributed by atoms with Gasteiger partial charge in [-0.1, -0.05) is 109 Å². The van der Waals surface area contributed by atoms with Gasteiger partial charge < -0.3 is 10.2 Å². The molecule has 1 atom stereocenters. The van der Waals surface area contributed by atoms with Crippen molar-refractivity contribution in [2.24, 2.45) is 0 Å². The Balaban J connectivity index is 1.55. The number of carbonyl (C=O) groups is 2. The van der Waals surface area contributed by atoms with Crippen molar-refractivity contribution in [3.8, 4) is 0 Å². The van der Waals surface area contributed by atoms with Crippen molar-refractivity contribution in [1.82, 2.24) is 10.2 Å². The summed E-state index contributed by atoms with van der Waals surface area (Å²) in [4.78, 5) is 30.2. The van der Waals surface area contributed by atoms with Gasteiger partial charge in [0.2, 0.25) is 11.8 Å². The Kier molecular flexibility index (Phi) is 11.4. The van der Waals surface area contributed by atoms with E-state index in [9.17, 15) is 18.0 Å². The maximum absolute atomic E-state index is 14.6. The van der Waals surface area contributed by atoms with Gasteiger partial charge in [-0.2, -0.15) is 0 Å². The zero-order valence-corrected chi connectivity index (χ0v) is 27.7. The lowest BCUT2D eigenvalue weighted by molar-refractivity contribution is -0.140. The van der Waals surface area contributed by atoms with E-state index < -0.39 is 28.5 Å². The second-order valence-electron chi connectivity index (χ2n) is 11.5. The van der Waals surface area contributed by atoms with E-state index in [1.165, 1.54) is 29.2 Å². The van der Waals surface area contributed by atoms with E-state index in [4.69, 9.17) is 23.2 Å². The van der Waals surface area contributed by atoms with Crippen molar-refractivity contribution in [1.29, 1.82) is 0 Å². The molecule has 0 unspecified atom stereocenters. The molecule has 4 aromatic rings. The number of nitrogens with zero attached hydrogens (tertiary/aromatic N) is 2. The van der Waals surface area contributed by atoms with Crippen LogP contribution in [0.5, 0.6) is 0 Å². The average Bonchev–Trinajstić information content (AvgIpc) is 3.07. The highest BCUT2D eigenvalue weighted by Gasteiger charge is 2.35. The molecule has 0 aliphatic heterocycles. The Morgan fingerprint density at radius 1 is 0.783 bits per heavy atom. The minimum absolute atomic E-state index is 0.0116. The maximum Gasteiger partial charge on any atom is 0.264 e. The fraction of sp³-hybridized carbons (Fsp3) is 0.278. The lowest BCUT2D eigenvalue weighted by atomic mass is 9.94. The van der Waals surface area contributed by atoms with Crippen molar-refractivity contribution in [2.45, 2.75) is 62.0 Å². The molecule has 4 aromatic carbocycles. The Labute approximate surface area is 281 Å². The van der Waals surface area contributed by atoms with Crippen molar-refractivity contribution in [3.63, 3.8) is 0 Å². The maximum atomic E-state index is 14.6. The van der Waals surface area contributed by atoms with Gasteiger partial charge in [0, 0.05) is 29.1 Å². The predicted molar refractivity (Wildman–Crippen MR) is 183 cm³/mol. The van der Waals surface area contributed by atoms with Crippen LogP contribution in [0.2, 0.25) is 10.0 Å². The molecule has 46 heavy (non-hydrogen) atoms. The molecule has 0 spiro atoms. The van der Waals surface area contributed by atoms with Gasteiger partial charge in [0.1, 0.15) is 12.6 Å². The first-order chi connectivity index (χ1) is 22.2. The summed E-state index contributed by atoms with van der Waals surface area (Å²) in [6, 6.07) is 30.0. The molecule has 5 rings (SSSR count). The predicted octanol–water partition coefficient (Wildman–Crippen LogP) is 7.28. The van der Waals surface area contributed by atoms with Crippen molar-refractivity contribution >= 4 is 50.7 Å². The first kappa shape index (κ1) is 33.5. The summed E-state index contributed by atoms with van der Waals surface area (Å²) in [6.45, 7) is -0.529. The van der Waals surface area contributed by atoms with Crippen LogP contribution in [-0.4, -0.2) is 43.8 Å². The normalized spacial score (nSPS) is 14.3. The number of hydrogen-bond donors (Lipinski definition) is 1. The third-order valence-corrected chi connectivity index (χ3v) is 10.7. The Morgan fingerprint density at radius 2 is 1.39 bits per heavy atom. The molecule has 2 amide bonds. The van der Waals surface area contributed by atoms with Gasteiger partial charge in [-0.25, -0.2) is 8.42 Å². The minimum atomic E-state index is -4.21. The minimum Gasteiger partial charge on any atom is -0.352 e. The number of hydrogen-bond acceptors (Lipinski definition) is 4. The second-order valence-corrected chi connectivity index (χ2v) is 14.2. The topological polar surface area (TPSA) is 86.8 Å². The summed E-state index contributed by atoms with van der Waals surface area (Å²) in [5.41, 5.74) is 1.83. The molecule has 1 aliphatic carbocycles. The molecule has 0 saturated heterocycles. The molecule has 1 saturated carbocycles. The zero-order chi connectivity index (χ0) is 32.5. The molecular weight excluding hydrogens is 641 g/mol. The van der Waals surface area contributed by atoms with Crippen LogP contribution in [0.3, 0.4) is 0 Å². The average molecular weight is 679 g/mol. The molecule has 0 bridgehead atoms. The lowest BCUT2D eigenvalue weighted by Crippen LogP contribution is -2.55. The second kappa shape index (κ2) is 15.6. The number of halogens is 2. The van der Waals surface area contributed by atoms with Crippen LogP contribution >= 0.6 is 23.2 Å². The molecule has 1 N–H and O–H groups in total. The highest BCUT2D eigenvalue weighted by Crippen LogP contribution is 2.27. The number of rotatable bonds is 12. The number of benzene rings is 4. The Hall–Kier alpha value is -3.85. The smallest absolute Gasteiger partial charge is 0.264 e. The molecule has 7 nitrogen and oxygen atoms in total. The Morgan fingerprint density at radius 3 is 2.04 bits per heavy atom. The van der Waals surface area contributed by atoms with Crippen molar-refractivity contribution in [2.75, 3.05) is 10.8 Å². The number of para-hydroxylation sites is 1. The standard InChI is InChI=1S/C36H37Cl2N3O4S/c37-29-20-22-32(23-21-29)46(44,45)41(31-17-8-3-9-18-31)26-35(42)40(25-28-14-10-11-19-33(28)38)34(24-27-12-4-1-5-13-27)36(43)39-30-15-6-2-7-16-30/h1,3-5,8-14,17-23,30,34H,2,6-7,15-16,24-26H2,(H,39,43)/t34-/m0/s1. The van der Waals surface area contributed by atoms with E-state index in [0.29, 0.717) is 21.3 Å². The zero-order valence-electron chi connectivity index (χ0n) is 25.4. The summed E-state index contributed by atoms with van der Waals surface area (Å²) in [5, 5.41) is 4.04. The van der Waals surface area contributed by atoms with E-state index in [1.807, 2.05) is 36.4 Å². The third kappa shape index (κ3) is 8.49. The number of anilines is 1. The van der Waals surface area contributed by atoms with Gasteiger partial charge in [-0.3, -0.25) is 13.9 Å². The van der Waals surface area contributed by atoms with Crippen LogP contribution in [0.25, 0.3) is 0 Å². The molecule has 1 aliphatic rings. The van der Waals surface area contributed by atoms with E-state index in [-0.39, 0.29) is 29.8 Å². The van der Waals surface area contributed by atoms with E-state index in [1.54, 1.807) is 48.5 Å². The summed E-state index contributed by atoms with van der Waals surface area (Å²) >= 11 is 12.6. The van der Waals surface area contributed by atoms with Gasteiger partial charge in [0.15, 0.2) is 0 Å². The van der Waals surface area contributed by atoms with E-state index in [0.717, 1.165) is 42.0 Å². The summed E-state index contributed by atoms with van der Waals surface area (Å²) < 4.78 is 29.2. The quantitative estimate of drug-likeness (QED) is 0.171. The van der Waals surface area contributed by atoms with Gasteiger partial charge in [0.25, 0.3) is 10.0 Å². The van der Waals surface area contributed by atoms with Crippen LogP contribution in [-0.2, 0) is 32.6 Å². The van der Waals surface area contributed by atoms with Crippen molar-refractivity contribution in [3.05, 3.63) is 130 Å². The lowest BCUT2D eigenvalue weighted by Gasteiger charge is -2.35. The number of amides is 2. The van der Waals surface area contributed by atoms with Crippen molar-refractivity contribution < 1.29 is 18.0 Å². The molecule has 10 heteroatoms. The summed E-state index contributed by atoms with van der Waals surface area (Å²) in [7, 11) is -4.21. The SMILES string of the molecule is O=C(NC1CCCCC1)[C@H](Cc1ccccc1)N(Cc1ccccc1Cl)C(=O)CN(c1ccccc1)S(=O)(=O)c1ccc(Cl)cc1. The molecule has 240 valence electrons.